The van der Waals surface area contributed by atoms with E-state index in [9.17, 15) is 4.79 Å². The average molecular weight is 326 g/mol. The Morgan fingerprint density at radius 2 is 2.25 bits per heavy atom. The predicted octanol–water partition coefficient (Wildman–Crippen LogP) is 2.20. The first-order valence-corrected chi connectivity index (χ1v) is 8.59. The van der Waals surface area contributed by atoms with Crippen LogP contribution in [0.25, 0.3) is 0 Å². The van der Waals surface area contributed by atoms with Gasteiger partial charge in [-0.05, 0) is 30.9 Å². The van der Waals surface area contributed by atoms with Gasteiger partial charge in [0.2, 0.25) is 0 Å². The summed E-state index contributed by atoms with van der Waals surface area (Å²) in [6, 6.07) is 7.88. The van der Waals surface area contributed by atoms with Crippen molar-refractivity contribution in [3.63, 3.8) is 0 Å². The highest BCUT2D eigenvalue weighted by atomic mass is 16.5. The molecule has 2 fully saturated rings. The van der Waals surface area contributed by atoms with Gasteiger partial charge in [-0.2, -0.15) is 0 Å². The van der Waals surface area contributed by atoms with E-state index in [1.54, 1.807) is 6.07 Å². The molecule has 6 heteroatoms. The van der Waals surface area contributed by atoms with Gasteiger partial charge in [-0.15, -0.1) is 0 Å². The lowest BCUT2D eigenvalue weighted by atomic mass is 10.1. The van der Waals surface area contributed by atoms with Crippen molar-refractivity contribution in [1.29, 1.82) is 0 Å². The molecule has 126 valence electrons. The fourth-order valence-electron chi connectivity index (χ4n) is 3.30. The van der Waals surface area contributed by atoms with Crippen molar-refractivity contribution < 1.29 is 9.32 Å². The number of carbonyl (C=O) groups excluding carboxylic acids is 1. The highest BCUT2D eigenvalue weighted by Crippen LogP contribution is 2.40. The minimum absolute atomic E-state index is 0.127. The summed E-state index contributed by atoms with van der Waals surface area (Å²) in [5.41, 5.74) is 1.45. The molecule has 6 nitrogen and oxygen atoms in total. The van der Waals surface area contributed by atoms with Gasteiger partial charge in [-0.3, -0.25) is 14.7 Å². The summed E-state index contributed by atoms with van der Waals surface area (Å²) in [5.74, 6) is 1.57. The lowest BCUT2D eigenvalue weighted by molar-refractivity contribution is 0.0922. The molecule has 1 amide bonds. The zero-order valence-corrected chi connectivity index (χ0v) is 13.8. The Hall–Kier alpha value is -2.21. The molecular formula is C18H22N4O2. The molecule has 2 aromatic heterocycles. The van der Waals surface area contributed by atoms with Crippen LogP contribution in [0.3, 0.4) is 0 Å². The molecule has 3 heterocycles. The third kappa shape index (κ3) is 3.33. The highest BCUT2D eigenvalue weighted by molar-refractivity contribution is 5.92. The number of hydrogen-bond donors (Lipinski definition) is 1. The van der Waals surface area contributed by atoms with Crippen molar-refractivity contribution in [3.8, 4) is 0 Å². The van der Waals surface area contributed by atoms with Crippen LogP contribution in [0, 0.1) is 5.92 Å². The van der Waals surface area contributed by atoms with Crippen molar-refractivity contribution >= 4 is 5.91 Å². The Balaban J connectivity index is 1.34. The van der Waals surface area contributed by atoms with Gasteiger partial charge in [0.25, 0.3) is 5.91 Å². The normalized spacial score (nSPS) is 24.2. The molecule has 1 saturated heterocycles. The van der Waals surface area contributed by atoms with Crippen LogP contribution in [-0.2, 0) is 6.54 Å². The number of rotatable bonds is 5. The molecule has 0 radical (unpaired) electrons. The maximum absolute atomic E-state index is 12.4. The lowest BCUT2D eigenvalue weighted by Crippen LogP contribution is -2.40. The summed E-state index contributed by atoms with van der Waals surface area (Å²) < 4.78 is 5.27. The van der Waals surface area contributed by atoms with Crippen LogP contribution in [0.5, 0.6) is 0 Å². The Labute approximate surface area is 141 Å². The second-order valence-corrected chi connectivity index (χ2v) is 6.96. The number of nitrogens with one attached hydrogen (secondary N) is 1. The summed E-state index contributed by atoms with van der Waals surface area (Å²) in [4.78, 5) is 19.1. The van der Waals surface area contributed by atoms with Gasteiger partial charge in [0.15, 0.2) is 5.69 Å². The van der Waals surface area contributed by atoms with Gasteiger partial charge in [-0.1, -0.05) is 18.1 Å². The van der Waals surface area contributed by atoms with Crippen LogP contribution in [0.2, 0.25) is 0 Å². The molecule has 4 rings (SSSR count). The number of likely N-dealkylation sites (tertiary alicyclic amines) is 1. The maximum Gasteiger partial charge on any atom is 0.273 e. The molecule has 1 aliphatic heterocycles. The maximum atomic E-state index is 12.4. The monoisotopic (exact) mass is 326 g/mol. The Bertz CT molecular complexity index is 711. The standard InChI is InChI=1S/C18H22N4O2/c1-12-9-22(10-14-4-2-3-7-19-14)11-16(12)20-18(23)15-8-17(24-21-15)13-5-6-13/h2-4,7-8,12-13,16H,5-6,9-11H2,1H3,(H,20,23)/t12-,16+/m1/s1. The second kappa shape index (κ2) is 6.36. The molecular weight excluding hydrogens is 304 g/mol. The van der Waals surface area contributed by atoms with Crippen LogP contribution in [0.4, 0.5) is 0 Å². The zero-order valence-electron chi connectivity index (χ0n) is 13.8. The molecule has 2 aromatic rings. The van der Waals surface area contributed by atoms with E-state index >= 15 is 0 Å². The third-order valence-corrected chi connectivity index (χ3v) is 4.86. The fraction of sp³-hybridized carbons (Fsp3) is 0.500. The molecule has 1 aliphatic carbocycles. The van der Waals surface area contributed by atoms with E-state index in [-0.39, 0.29) is 11.9 Å². The lowest BCUT2D eigenvalue weighted by Gasteiger charge is -2.16. The average Bonchev–Trinajstić information content (AvgIpc) is 3.21. The van der Waals surface area contributed by atoms with Crippen LogP contribution in [0.1, 0.15) is 47.6 Å². The summed E-state index contributed by atoms with van der Waals surface area (Å²) in [6.07, 6.45) is 4.09. The summed E-state index contributed by atoms with van der Waals surface area (Å²) in [7, 11) is 0. The van der Waals surface area contributed by atoms with Gasteiger partial charge < -0.3 is 9.84 Å². The van der Waals surface area contributed by atoms with Gasteiger partial charge in [-0.25, -0.2) is 0 Å². The van der Waals surface area contributed by atoms with E-state index in [0.717, 1.165) is 43.9 Å². The van der Waals surface area contributed by atoms with Crippen molar-refractivity contribution in [2.24, 2.45) is 5.92 Å². The number of carbonyl (C=O) groups is 1. The van der Waals surface area contributed by atoms with Crippen molar-refractivity contribution in [1.82, 2.24) is 20.4 Å². The van der Waals surface area contributed by atoms with E-state index in [4.69, 9.17) is 4.52 Å². The van der Waals surface area contributed by atoms with E-state index < -0.39 is 0 Å². The predicted molar refractivity (Wildman–Crippen MR) is 88.4 cm³/mol. The molecule has 0 bridgehead atoms. The van der Waals surface area contributed by atoms with Gasteiger partial charge in [0, 0.05) is 43.9 Å². The molecule has 24 heavy (non-hydrogen) atoms. The Morgan fingerprint density at radius 3 is 3.00 bits per heavy atom. The molecule has 2 atom stereocenters. The van der Waals surface area contributed by atoms with E-state index in [1.165, 1.54) is 0 Å². The van der Waals surface area contributed by atoms with Gasteiger partial charge in [0.1, 0.15) is 5.76 Å². The first-order chi connectivity index (χ1) is 11.7. The minimum Gasteiger partial charge on any atom is -0.360 e. The zero-order chi connectivity index (χ0) is 16.5. The first kappa shape index (κ1) is 15.3. The number of pyridine rings is 1. The van der Waals surface area contributed by atoms with Gasteiger partial charge in [0.05, 0.1) is 5.69 Å². The van der Waals surface area contributed by atoms with Crippen molar-refractivity contribution in [2.45, 2.75) is 38.3 Å². The molecule has 0 unspecified atom stereocenters. The smallest absolute Gasteiger partial charge is 0.273 e. The van der Waals surface area contributed by atoms with Crippen LogP contribution in [-0.4, -0.2) is 40.1 Å². The molecule has 0 aromatic carbocycles. The van der Waals surface area contributed by atoms with E-state index in [2.05, 4.69) is 27.3 Å². The van der Waals surface area contributed by atoms with Crippen LogP contribution < -0.4 is 5.32 Å². The van der Waals surface area contributed by atoms with Crippen LogP contribution >= 0.6 is 0 Å². The molecule has 0 spiro atoms. The number of nitrogens with zero attached hydrogens (tertiary/aromatic N) is 3. The van der Waals surface area contributed by atoms with Crippen molar-refractivity contribution in [3.05, 3.63) is 47.6 Å². The first-order valence-electron chi connectivity index (χ1n) is 8.59. The summed E-state index contributed by atoms with van der Waals surface area (Å²) in [6.45, 7) is 4.76. The Kier molecular flexibility index (Phi) is 4.06. The van der Waals surface area contributed by atoms with Gasteiger partial charge >= 0.3 is 0 Å². The Morgan fingerprint density at radius 1 is 1.38 bits per heavy atom. The quantitative estimate of drug-likeness (QED) is 0.912. The molecule has 1 saturated carbocycles. The summed E-state index contributed by atoms with van der Waals surface area (Å²) >= 11 is 0. The number of hydrogen-bond acceptors (Lipinski definition) is 5. The topological polar surface area (TPSA) is 71.3 Å². The van der Waals surface area contributed by atoms with E-state index in [1.807, 2.05) is 24.4 Å². The molecule has 2 aliphatic rings. The SMILES string of the molecule is C[C@@H]1CN(Cc2ccccn2)C[C@@H]1NC(=O)c1cc(C2CC2)on1. The van der Waals surface area contributed by atoms with E-state index in [0.29, 0.717) is 17.5 Å². The number of amides is 1. The number of aromatic nitrogens is 2. The second-order valence-electron chi connectivity index (χ2n) is 6.96. The fourth-order valence-corrected chi connectivity index (χ4v) is 3.30. The van der Waals surface area contributed by atoms with Crippen LogP contribution in [0.15, 0.2) is 35.0 Å². The molecule has 1 N–H and O–H groups in total. The minimum atomic E-state index is -0.137. The largest absolute Gasteiger partial charge is 0.360 e. The van der Waals surface area contributed by atoms with Crippen molar-refractivity contribution in [2.75, 3.05) is 13.1 Å². The third-order valence-electron chi connectivity index (χ3n) is 4.86. The highest BCUT2D eigenvalue weighted by Gasteiger charge is 2.33. The summed E-state index contributed by atoms with van der Waals surface area (Å²) in [5, 5.41) is 7.03.